The van der Waals surface area contributed by atoms with Gasteiger partial charge in [0.05, 0.1) is 6.04 Å². The van der Waals surface area contributed by atoms with Crippen molar-refractivity contribution in [2.24, 2.45) is 11.7 Å². The Hall–Kier alpha value is -1.88. The summed E-state index contributed by atoms with van der Waals surface area (Å²) in [5.41, 5.74) is 7.77. The van der Waals surface area contributed by atoms with Crippen LogP contribution < -0.4 is 16.4 Å². The topological polar surface area (TPSA) is 84.2 Å². The van der Waals surface area contributed by atoms with Gasteiger partial charge in [0, 0.05) is 19.2 Å². The SMILES string of the molecule is CNC(=O)c1ccc(CCNC(=O)C(N)CC2CCCCC2)cc1. The summed E-state index contributed by atoms with van der Waals surface area (Å²) in [6, 6.07) is 7.02. The van der Waals surface area contributed by atoms with Gasteiger partial charge in [0.1, 0.15) is 0 Å². The van der Waals surface area contributed by atoms with E-state index >= 15 is 0 Å². The van der Waals surface area contributed by atoms with Crippen molar-refractivity contribution in [3.63, 3.8) is 0 Å². The monoisotopic (exact) mass is 331 g/mol. The van der Waals surface area contributed by atoms with Crippen LogP contribution in [0.1, 0.15) is 54.4 Å². The molecular weight excluding hydrogens is 302 g/mol. The number of rotatable bonds is 7. The van der Waals surface area contributed by atoms with Gasteiger partial charge in [0.25, 0.3) is 5.91 Å². The molecule has 1 fully saturated rings. The van der Waals surface area contributed by atoms with Gasteiger partial charge >= 0.3 is 0 Å². The zero-order chi connectivity index (χ0) is 17.4. The minimum atomic E-state index is -0.399. The second-order valence-electron chi connectivity index (χ2n) is 6.66. The first-order valence-electron chi connectivity index (χ1n) is 8.94. The van der Waals surface area contributed by atoms with E-state index in [-0.39, 0.29) is 11.8 Å². The van der Waals surface area contributed by atoms with Crippen molar-refractivity contribution in [1.29, 1.82) is 0 Å². The molecule has 0 aliphatic heterocycles. The molecule has 1 aliphatic rings. The van der Waals surface area contributed by atoms with E-state index < -0.39 is 6.04 Å². The van der Waals surface area contributed by atoms with Crippen LogP contribution in [0.25, 0.3) is 0 Å². The number of hydrogen-bond donors (Lipinski definition) is 3. The molecule has 132 valence electrons. The fourth-order valence-electron chi connectivity index (χ4n) is 3.32. The van der Waals surface area contributed by atoms with Gasteiger partial charge in [-0.1, -0.05) is 44.2 Å². The van der Waals surface area contributed by atoms with Crippen molar-refractivity contribution in [2.45, 2.75) is 51.0 Å². The minimum Gasteiger partial charge on any atom is -0.355 e. The number of hydrogen-bond acceptors (Lipinski definition) is 3. The van der Waals surface area contributed by atoms with Crippen molar-refractivity contribution in [2.75, 3.05) is 13.6 Å². The highest BCUT2D eigenvalue weighted by atomic mass is 16.2. The van der Waals surface area contributed by atoms with Gasteiger partial charge in [-0.15, -0.1) is 0 Å². The van der Waals surface area contributed by atoms with Crippen molar-refractivity contribution in [3.8, 4) is 0 Å². The number of amides is 2. The van der Waals surface area contributed by atoms with Gasteiger partial charge in [0.15, 0.2) is 0 Å². The van der Waals surface area contributed by atoms with E-state index in [1.165, 1.54) is 32.1 Å². The minimum absolute atomic E-state index is 0.0532. The van der Waals surface area contributed by atoms with Gasteiger partial charge < -0.3 is 16.4 Å². The van der Waals surface area contributed by atoms with Crippen LogP contribution in [0.15, 0.2) is 24.3 Å². The molecule has 5 heteroatoms. The number of nitrogens with one attached hydrogen (secondary N) is 2. The van der Waals surface area contributed by atoms with E-state index in [4.69, 9.17) is 5.73 Å². The van der Waals surface area contributed by atoms with E-state index in [1.807, 2.05) is 12.1 Å². The summed E-state index contributed by atoms with van der Waals surface area (Å²) in [4.78, 5) is 23.6. The standard InChI is InChI=1S/C19H29N3O2/c1-21-18(23)16-9-7-14(8-10-16)11-12-22-19(24)17(20)13-15-5-3-2-4-6-15/h7-10,15,17H,2-6,11-13,20H2,1H3,(H,21,23)(H,22,24). The molecule has 1 aliphatic carbocycles. The zero-order valence-electron chi connectivity index (χ0n) is 14.5. The molecule has 24 heavy (non-hydrogen) atoms. The van der Waals surface area contributed by atoms with Crippen LogP contribution in [0.4, 0.5) is 0 Å². The first kappa shape index (κ1) is 18.5. The highest BCUT2D eigenvalue weighted by molar-refractivity contribution is 5.93. The van der Waals surface area contributed by atoms with Crippen LogP contribution in [0, 0.1) is 5.92 Å². The summed E-state index contributed by atoms with van der Waals surface area (Å²) < 4.78 is 0. The van der Waals surface area contributed by atoms with Gasteiger partial charge in [-0.3, -0.25) is 9.59 Å². The molecule has 0 bridgehead atoms. The second kappa shape index (κ2) is 9.42. The molecule has 0 aromatic heterocycles. The maximum atomic E-state index is 12.1. The Morgan fingerprint density at radius 2 is 1.83 bits per heavy atom. The lowest BCUT2D eigenvalue weighted by molar-refractivity contribution is -0.122. The number of carbonyl (C=O) groups is 2. The second-order valence-corrected chi connectivity index (χ2v) is 6.66. The van der Waals surface area contributed by atoms with E-state index in [0.29, 0.717) is 18.0 Å². The smallest absolute Gasteiger partial charge is 0.251 e. The third-order valence-corrected chi connectivity index (χ3v) is 4.80. The lowest BCUT2D eigenvalue weighted by Crippen LogP contribution is -2.42. The molecule has 4 N–H and O–H groups in total. The van der Waals surface area contributed by atoms with Crippen molar-refractivity contribution in [1.82, 2.24) is 10.6 Å². The lowest BCUT2D eigenvalue weighted by Gasteiger charge is -2.24. The fourth-order valence-corrected chi connectivity index (χ4v) is 3.32. The quantitative estimate of drug-likeness (QED) is 0.714. The molecule has 0 saturated heterocycles. The molecule has 2 rings (SSSR count). The predicted molar refractivity (Wildman–Crippen MR) is 95.7 cm³/mol. The van der Waals surface area contributed by atoms with Gasteiger partial charge in [-0.05, 0) is 36.5 Å². The number of nitrogens with two attached hydrogens (primary N) is 1. The molecule has 0 radical (unpaired) electrons. The molecule has 1 aromatic rings. The average molecular weight is 331 g/mol. The molecule has 5 nitrogen and oxygen atoms in total. The van der Waals surface area contributed by atoms with Gasteiger partial charge in [-0.25, -0.2) is 0 Å². The Labute approximate surface area is 144 Å². The molecule has 1 unspecified atom stereocenters. The van der Waals surface area contributed by atoms with E-state index in [9.17, 15) is 9.59 Å². The summed E-state index contributed by atoms with van der Waals surface area (Å²) in [5, 5.41) is 5.52. The van der Waals surface area contributed by atoms with Crippen LogP contribution in [0.2, 0.25) is 0 Å². The van der Waals surface area contributed by atoms with Gasteiger partial charge in [0.2, 0.25) is 5.91 Å². The summed E-state index contributed by atoms with van der Waals surface area (Å²) in [6.45, 7) is 0.566. The average Bonchev–Trinajstić information content (AvgIpc) is 2.62. The summed E-state index contributed by atoms with van der Waals surface area (Å²) in [7, 11) is 1.61. The molecule has 0 heterocycles. The maximum absolute atomic E-state index is 12.1. The molecule has 1 saturated carbocycles. The van der Waals surface area contributed by atoms with Gasteiger partial charge in [-0.2, -0.15) is 0 Å². The van der Waals surface area contributed by atoms with Crippen molar-refractivity contribution >= 4 is 11.8 Å². The Kier molecular flexibility index (Phi) is 7.25. The lowest BCUT2D eigenvalue weighted by atomic mass is 9.85. The first-order valence-corrected chi connectivity index (χ1v) is 8.94. The molecule has 2 amide bonds. The Morgan fingerprint density at radius 1 is 1.17 bits per heavy atom. The summed E-state index contributed by atoms with van der Waals surface area (Å²) in [5.74, 6) is 0.461. The Bertz CT molecular complexity index is 536. The zero-order valence-corrected chi connectivity index (χ0v) is 14.5. The van der Waals surface area contributed by atoms with E-state index in [0.717, 1.165) is 18.4 Å². The van der Waals surface area contributed by atoms with Crippen molar-refractivity contribution in [3.05, 3.63) is 35.4 Å². The third-order valence-electron chi connectivity index (χ3n) is 4.80. The van der Waals surface area contributed by atoms with E-state index in [2.05, 4.69) is 10.6 Å². The Balaban J connectivity index is 1.70. The largest absolute Gasteiger partial charge is 0.355 e. The van der Waals surface area contributed by atoms with E-state index in [1.54, 1.807) is 19.2 Å². The maximum Gasteiger partial charge on any atom is 0.251 e. The number of benzene rings is 1. The van der Waals surface area contributed by atoms with Crippen molar-refractivity contribution < 1.29 is 9.59 Å². The highest BCUT2D eigenvalue weighted by Gasteiger charge is 2.20. The van der Waals surface area contributed by atoms with Crippen LogP contribution in [-0.4, -0.2) is 31.4 Å². The third kappa shape index (κ3) is 5.64. The normalized spacial score (nSPS) is 16.4. The molecule has 1 aromatic carbocycles. The number of carbonyl (C=O) groups excluding carboxylic acids is 2. The molecular formula is C19H29N3O2. The van der Waals surface area contributed by atoms with Crippen LogP contribution >= 0.6 is 0 Å². The van der Waals surface area contributed by atoms with Crippen LogP contribution in [-0.2, 0) is 11.2 Å². The van der Waals surface area contributed by atoms with Crippen LogP contribution in [0.5, 0.6) is 0 Å². The highest BCUT2D eigenvalue weighted by Crippen LogP contribution is 2.26. The molecule has 1 atom stereocenters. The van der Waals surface area contributed by atoms with Crippen LogP contribution in [0.3, 0.4) is 0 Å². The Morgan fingerprint density at radius 3 is 2.46 bits per heavy atom. The molecule has 0 spiro atoms. The fraction of sp³-hybridized carbons (Fsp3) is 0.579. The predicted octanol–water partition coefficient (Wildman–Crippen LogP) is 2.00. The first-order chi connectivity index (χ1) is 11.6. The summed E-state index contributed by atoms with van der Waals surface area (Å²) >= 11 is 0. The summed E-state index contributed by atoms with van der Waals surface area (Å²) in [6.07, 6.45) is 7.80.